The average molecular weight is 241 g/mol. The van der Waals surface area contributed by atoms with Crippen LogP contribution in [0.4, 0.5) is 11.4 Å². The van der Waals surface area contributed by atoms with Gasteiger partial charge >= 0.3 is 0 Å². The van der Waals surface area contributed by atoms with Crippen molar-refractivity contribution in [1.82, 2.24) is 4.98 Å². The number of rotatable bonds is 2. The summed E-state index contributed by atoms with van der Waals surface area (Å²) >= 11 is 0. The molecule has 0 saturated carbocycles. The maximum absolute atomic E-state index is 6.02. The van der Waals surface area contributed by atoms with E-state index < -0.39 is 0 Å². The van der Waals surface area contributed by atoms with Gasteiger partial charge in [0.2, 0.25) is 0 Å². The molecule has 1 aliphatic heterocycles. The Hall–Kier alpha value is -1.77. The summed E-state index contributed by atoms with van der Waals surface area (Å²) in [6.45, 7) is 4.59. The standard InChI is InChI=1S/C15H19N3/c1-2-11-6-8-18(10-11)15-4-3-14(16)13-9-17-7-5-12(13)15/h3-5,7,9,11H,2,6,8,10,16H2,1H3. The van der Waals surface area contributed by atoms with E-state index in [4.69, 9.17) is 5.73 Å². The average Bonchev–Trinajstić information content (AvgIpc) is 2.88. The molecule has 3 heteroatoms. The maximum atomic E-state index is 6.02. The first-order chi connectivity index (χ1) is 8.79. The first-order valence-corrected chi connectivity index (χ1v) is 6.66. The van der Waals surface area contributed by atoms with Crippen LogP contribution in [0.15, 0.2) is 30.6 Å². The predicted octanol–water partition coefficient (Wildman–Crippen LogP) is 3.05. The van der Waals surface area contributed by atoms with Gasteiger partial charge in [0.1, 0.15) is 0 Å². The number of aromatic nitrogens is 1. The van der Waals surface area contributed by atoms with Crippen LogP contribution in [0, 0.1) is 5.92 Å². The third-order valence-electron chi connectivity index (χ3n) is 4.03. The lowest BCUT2D eigenvalue weighted by molar-refractivity contribution is 0.569. The maximum Gasteiger partial charge on any atom is 0.0448 e. The summed E-state index contributed by atoms with van der Waals surface area (Å²) < 4.78 is 0. The summed E-state index contributed by atoms with van der Waals surface area (Å²) in [6.07, 6.45) is 6.28. The minimum Gasteiger partial charge on any atom is -0.398 e. The first-order valence-electron chi connectivity index (χ1n) is 6.66. The van der Waals surface area contributed by atoms with Gasteiger partial charge in [-0.05, 0) is 30.5 Å². The molecular formula is C15H19N3. The highest BCUT2D eigenvalue weighted by Crippen LogP contribution is 2.33. The van der Waals surface area contributed by atoms with Crippen molar-refractivity contribution in [3.8, 4) is 0 Å². The third kappa shape index (κ3) is 1.80. The van der Waals surface area contributed by atoms with Crippen molar-refractivity contribution in [3.05, 3.63) is 30.6 Å². The van der Waals surface area contributed by atoms with Gasteiger partial charge in [-0.3, -0.25) is 4.98 Å². The number of fused-ring (bicyclic) bond motifs is 1. The van der Waals surface area contributed by atoms with Crippen LogP contribution >= 0.6 is 0 Å². The zero-order chi connectivity index (χ0) is 12.5. The highest BCUT2D eigenvalue weighted by Gasteiger charge is 2.22. The lowest BCUT2D eigenvalue weighted by Gasteiger charge is -2.21. The zero-order valence-corrected chi connectivity index (χ0v) is 10.8. The molecule has 2 N–H and O–H groups in total. The third-order valence-corrected chi connectivity index (χ3v) is 4.03. The Labute approximate surface area is 108 Å². The number of benzene rings is 1. The number of nitrogens with zero attached hydrogens (tertiary/aromatic N) is 2. The Morgan fingerprint density at radius 2 is 2.22 bits per heavy atom. The van der Waals surface area contributed by atoms with Gasteiger partial charge in [-0.2, -0.15) is 0 Å². The van der Waals surface area contributed by atoms with E-state index in [9.17, 15) is 0 Å². The molecule has 0 amide bonds. The lowest BCUT2D eigenvalue weighted by atomic mass is 10.1. The monoisotopic (exact) mass is 241 g/mol. The van der Waals surface area contributed by atoms with Gasteiger partial charge in [0.25, 0.3) is 0 Å². The molecule has 1 atom stereocenters. The second kappa shape index (κ2) is 4.48. The summed E-state index contributed by atoms with van der Waals surface area (Å²) in [5.74, 6) is 0.833. The van der Waals surface area contributed by atoms with E-state index >= 15 is 0 Å². The Morgan fingerprint density at radius 3 is 3.00 bits per heavy atom. The van der Waals surface area contributed by atoms with Crippen LogP contribution < -0.4 is 10.6 Å². The van der Waals surface area contributed by atoms with Crippen LogP contribution in [0.5, 0.6) is 0 Å². The van der Waals surface area contributed by atoms with Gasteiger partial charge in [-0.25, -0.2) is 0 Å². The molecule has 1 unspecified atom stereocenters. The van der Waals surface area contributed by atoms with Crippen LogP contribution in [-0.4, -0.2) is 18.1 Å². The quantitative estimate of drug-likeness (QED) is 0.822. The molecule has 0 spiro atoms. The molecule has 0 aliphatic carbocycles. The Bertz CT molecular complexity index is 565. The number of anilines is 2. The van der Waals surface area contributed by atoms with E-state index in [1.165, 1.54) is 23.9 Å². The fourth-order valence-electron chi connectivity index (χ4n) is 2.86. The fraction of sp³-hybridized carbons (Fsp3) is 0.400. The van der Waals surface area contributed by atoms with Crippen molar-refractivity contribution in [2.75, 3.05) is 23.7 Å². The summed E-state index contributed by atoms with van der Waals surface area (Å²) in [5, 5.41) is 2.29. The molecular weight excluding hydrogens is 222 g/mol. The van der Waals surface area contributed by atoms with Crippen molar-refractivity contribution < 1.29 is 0 Å². The van der Waals surface area contributed by atoms with Gasteiger partial charge in [0.15, 0.2) is 0 Å². The summed E-state index contributed by atoms with van der Waals surface area (Å²) in [4.78, 5) is 6.66. The molecule has 0 radical (unpaired) electrons. The van der Waals surface area contributed by atoms with Crippen LogP contribution in [0.25, 0.3) is 10.8 Å². The van der Waals surface area contributed by atoms with Crippen molar-refractivity contribution in [1.29, 1.82) is 0 Å². The topological polar surface area (TPSA) is 42.1 Å². The van der Waals surface area contributed by atoms with Gasteiger partial charge in [0, 0.05) is 47.6 Å². The van der Waals surface area contributed by atoms with Crippen LogP contribution in [-0.2, 0) is 0 Å². The van der Waals surface area contributed by atoms with E-state index in [1.54, 1.807) is 0 Å². The number of nitrogens with two attached hydrogens (primary N) is 1. The molecule has 1 saturated heterocycles. The largest absolute Gasteiger partial charge is 0.398 e. The zero-order valence-electron chi connectivity index (χ0n) is 10.8. The first kappa shape index (κ1) is 11.3. The van der Waals surface area contributed by atoms with Crippen molar-refractivity contribution in [3.63, 3.8) is 0 Å². The van der Waals surface area contributed by atoms with Crippen LogP contribution in [0.1, 0.15) is 19.8 Å². The van der Waals surface area contributed by atoms with Crippen LogP contribution in [0.2, 0.25) is 0 Å². The molecule has 0 bridgehead atoms. The van der Waals surface area contributed by atoms with Crippen LogP contribution in [0.3, 0.4) is 0 Å². The van der Waals surface area contributed by atoms with E-state index in [-0.39, 0.29) is 0 Å². The minimum absolute atomic E-state index is 0.813. The normalized spacial score (nSPS) is 19.6. The molecule has 3 nitrogen and oxygen atoms in total. The number of pyridine rings is 1. The molecule has 94 valence electrons. The highest BCUT2D eigenvalue weighted by atomic mass is 15.2. The van der Waals surface area contributed by atoms with Gasteiger partial charge < -0.3 is 10.6 Å². The Balaban J connectivity index is 2.05. The van der Waals surface area contributed by atoms with E-state index in [2.05, 4.69) is 28.9 Å². The van der Waals surface area contributed by atoms with E-state index in [0.29, 0.717) is 0 Å². The van der Waals surface area contributed by atoms with E-state index in [1.807, 2.05) is 18.5 Å². The molecule has 2 heterocycles. The molecule has 1 aromatic carbocycles. The molecule has 18 heavy (non-hydrogen) atoms. The molecule has 2 aromatic rings. The molecule has 1 aliphatic rings. The second-order valence-corrected chi connectivity index (χ2v) is 5.10. The lowest BCUT2D eigenvalue weighted by Crippen LogP contribution is -2.19. The Kier molecular flexibility index (Phi) is 2.82. The van der Waals surface area contributed by atoms with Crippen molar-refractivity contribution in [2.24, 2.45) is 5.92 Å². The van der Waals surface area contributed by atoms with Gasteiger partial charge in [-0.1, -0.05) is 13.3 Å². The van der Waals surface area contributed by atoms with Gasteiger partial charge in [-0.15, -0.1) is 0 Å². The highest BCUT2D eigenvalue weighted by molar-refractivity contribution is 6.00. The molecule has 1 fully saturated rings. The van der Waals surface area contributed by atoms with E-state index in [0.717, 1.165) is 30.1 Å². The van der Waals surface area contributed by atoms with Crippen molar-refractivity contribution >= 4 is 22.1 Å². The Morgan fingerprint density at radius 1 is 1.33 bits per heavy atom. The smallest absolute Gasteiger partial charge is 0.0448 e. The fourth-order valence-corrected chi connectivity index (χ4v) is 2.86. The second-order valence-electron chi connectivity index (χ2n) is 5.10. The predicted molar refractivity (Wildman–Crippen MR) is 76.8 cm³/mol. The summed E-state index contributed by atoms with van der Waals surface area (Å²) in [6, 6.07) is 6.22. The number of hydrogen-bond donors (Lipinski definition) is 1. The van der Waals surface area contributed by atoms with Crippen molar-refractivity contribution in [2.45, 2.75) is 19.8 Å². The summed E-state index contributed by atoms with van der Waals surface area (Å²) in [5.41, 5.74) is 8.14. The number of nitrogen functional groups attached to an aromatic ring is 1. The number of hydrogen-bond acceptors (Lipinski definition) is 3. The SMILES string of the molecule is CCC1CCN(c2ccc(N)c3cnccc23)C1. The van der Waals surface area contributed by atoms with Gasteiger partial charge in [0.05, 0.1) is 0 Å². The molecule has 1 aromatic heterocycles. The molecule has 3 rings (SSSR count). The minimum atomic E-state index is 0.813. The summed E-state index contributed by atoms with van der Waals surface area (Å²) in [7, 11) is 0.